The Kier molecular flexibility index (Phi) is 1.79. The van der Waals surface area contributed by atoms with E-state index < -0.39 is 5.97 Å². The van der Waals surface area contributed by atoms with Crippen LogP contribution in [0.25, 0.3) is 0 Å². The van der Waals surface area contributed by atoms with Crippen molar-refractivity contribution in [3.05, 3.63) is 11.6 Å². The van der Waals surface area contributed by atoms with Gasteiger partial charge in [-0.1, -0.05) is 11.6 Å². The van der Waals surface area contributed by atoms with E-state index in [0.29, 0.717) is 5.92 Å². The van der Waals surface area contributed by atoms with Crippen molar-refractivity contribution in [3.8, 4) is 0 Å². The molecule has 10 heavy (non-hydrogen) atoms. The Hall–Kier alpha value is -0.790. The lowest BCUT2D eigenvalue weighted by molar-refractivity contribution is -0.138. The average Bonchev–Trinajstić information content (AvgIpc) is 2.43. The molecule has 0 bridgehead atoms. The molecule has 0 spiro atoms. The Balaban J connectivity index is 2.40. The van der Waals surface area contributed by atoms with E-state index in [0.717, 1.165) is 6.42 Å². The van der Waals surface area contributed by atoms with Crippen LogP contribution in [0.1, 0.15) is 20.3 Å². The van der Waals surface area contributed by atoms with Crippen LogP contribution < -0.4 is 0 Å². The number of aliphatic carboxylic acids is 1. The third kappa shape index (κ3) is 1.59. The summed E-state index contributed by atoms with van der Waals surface area (Å²) >= 11 is 0. The lowest BCUT2D eigenvalue weighted by Crippen LogP contribution is -1.98. The Morgan fingerprint density at radius 3 is 2.50 bits per heavy atom. The zero-order valence-electron chi connectivity index (χ0n) is 6.29. The van der Waals surface area contributed by atoms with Gasteiger partial charge in [0.15, 0.2) is 0 Å². The molecule has 0 amide bonds. The molecule has 1 N–H and O–H groups in total. The van der Waals surface area contributed by atoms with Crippen molar-refractivity contribution < 1.29 is 9.90 Å². The van der Waals surface area contributed by atoms with Gasteiger partial charge in [-0.25, -0.2) is 0 Å². The van der Waals surface area contributed by atoms with Crippen molar-refractivity contribution in [2.24, 2.45) is 11.8 Å². The number of hydrogen-bond acceptors (Lipinski definition) is 1. The summed E-state index contributed by atoms with van der Waals surface area (Å²) in [4.78, 5) is 10.3. The molecule has 0 aromatic carbocycles. The Morgan fingerprint density at radius 1 is 1.60 bits per heavy atom. The van der Waals surface area contributed by atoms with Crippen molar-refractivity contribution in [3.63, 3.8) is 0 Å². The van der Waals surface area contributed by atoms with Crippen LogP contribution in [0.4, 0.5) is 0 Å². The molecule has 1 fully saturated rings. The third-order valence-corrected chi connectivity index (χ3v) is 1.70. The maximum atomic E-state index is 10.3. The average molecular weight is 140 g/mol. The van der Waals surface area contributed by atoms with Gasteiger partial charge in [0.2, 0.25) is 0 Å². The van der Waals surface area contributed by atoms with Crippen molar-refractivity contribution in [1.82, 2.24) is 0 Å². The highest BCUT2D eigenvalue weighted by atomic mass is 16.4. The monoisotopic (exact) mass is 140 g/mol. The van der Waals surface area contributed by atoms with Gasteiger partial charge < -0.3 is 5.11 Å². The van der Waals surface area contributed by atoms with Gasteiger partial charge in [0, 0.05) is 0 Å². The lowest BCUT2D eigenvalue weighted by atomic mass is 10.2. The molecule has 1 aliphatic rings. The molecule has 1 rings (SSSR count). The largest absolute Gasteiger partial charge is 0.481 e. The minimum Gasteiger partial charge on any atom is -0.481 e. The summed E-state index contributed by atoms with van der Waals surface area (Å²) in [6, 6.07) is 0. The van der Waals surface area contributed by atoms with Gasteiger partial charge in [0.1, 0.15) is 0 Å². The molecule has 56 valence electrons. The van der Waals surface area contributed by atoms with E-state index in [9.17, 15) is 4.79 Å². The zero-order chi connectivity index (χ0) is 7.72. The van der Waals surface area contributed by atoms with Crippen LogP contribution in [-0.2, 0) is 4.79 Å². The molecule has 0 radical (unpaired) electrons. The van der Waals surface area contributed by atoms with Gasteiger partial charge >= 0.3 is 5.97 Å². The first-order chi connectivity index (χ1) is 4.61. The molecule has 0 aromatic heterocycles. The molecule has 1 saturated carbocycles. The summed E-state index contributed by atoms with van der Waals surface area (Å²) in [5, 5.41) is 8.51. The minimum atomic E-state index is -0.650. The van der Waals surface area contributed by atoms with Crippen LogP contribution in [-0.4, -0.2) is 11.1 Å². The lowest BCUT2D eigenvalue weighted by Gasteiger charge is -1.87. The molecular formula is C8H12O2. The Labute approximate surface area is 60.6 Å². The SMILES string of the molecule is CC(C)=C[C@@H]1C[C@@H]1C(=O)O. The van der Waals surface area contributed by atoms with Crippen molar-refractivity contribution in [1.29, 1.82) is 0 Å². The van der Waals surface area contributed by atoms with Crippen LogP contribution in [0, 0.1) is 11.8 Å². The second-order valence-electron chi connectivity index (χ2n) is 3.09. The molecule has 2 nitrogen and oxygen atoms in total. The fourth-order valence-corrected chi connectivity index (χ4v) is 1.11. The van der Waals surface area contributed by atoms with Gasteiger partial charge in [-0.15, -0.1) is 0 Å². The number of allylic oxidation sites excluding steroid dienone is 2. The van der Waals surface area contributed by atoms with E-state index in [1.165, 1.54) is 5.57 Å². The van der Waals surface area contributed by atoms with E-state index in [1.807, 2.05) is 19.9 Å². The second kappa shape index (κ2) is 2.45. The number of hydrogen-bond donors (Lipinski definition) is 1. The summed E-state index contributed by atoms with van der Waals surface area (Å²) in [7, 11) is 0. The van der Waals surface area contributed by atoms with Gasteiger partial charge in [-0.2, -0.15) is 0 Å². The van der Waals surface area contributed by atoms with Crippen LogP contribution in [0.2, 0.25) is 0 Å². The Morgan fingerprint density at radius 2 is 2.20 bits per heavy atom. The van der Waals surface area contributed by atoms with Crippen molar-refractivity contribution in [2.75, 3.05) is 0 Å². The van der Waals surface area contributed by atoms with Crippen LogP contribution in [0.3, 0.4) is 0 Å². The predicted molar refractivity (Wildman–Crippen MR) is 38.7 cm³/mol. The summed E-state index contributed by atoms with van der Waals surface area (Å²) in [6.45, 7) is 3.99. The smallest absolute Gasteiger partial charge is 0.307 e. The number of carbonyl (C=O) groups is 1. The predicted octanol–water partition coefficient (Wildman–Crippen LogP) is 1.67. The fraction of sp³-hybridized carbons (Fsp3) is 0.625. The summed E-state index contributed by atoms with van der Waals surface area (Å²) in [5.41, 5.74) is 1.22. The quantitative estimate of drug-likeness (QED) is 0.592. The molecule has 2 heteroatoms. The molecule has 0 unspecified atom stereocenters. The van der Waals surface area contributed by atoms with Crippen LogP contribution in [0.5, 0.6) is 0 Å². The van der Waals surface area contributed by atoms with E-state index >= 15 is 0 Å². The fourth-order valence-electron chi connectivity index (χ4n) is 1.11. The highest BCUT2D eigenvalue weighted by Gasteiger charge is 2.41. The zero-order valence-corrected chi connectivity index (χ0v) is 6.29. The number of carboxylic acid groups (broad SMARTS) is 1. The molecule has 0 saturated heterocycles. The van der Waals surface area contributed by atoms with Crippen LogP contribution in [0.15, 0.2) is 11.6 Å². The van der Waals surface area contributed by atoms with Gasteiger partial charge in [-0.05, 0) is 26.2 Å². The minimum absolute atomic E-state index is 0.0881. The van der Waals surface area contributed by atoms with E-state index in [-0.39, 0.29) is 5.92 Å². The highest BCUT2D eigenvalue weighted by molar-refractivity contribution is 5.74. The van der Waals surface area contributed by atoms with Gasteiger partial charge in [0.05, 0.1) is 5.92 Å². The van der Waals surface area contributed by atoms with Gasteiger partial charge in [-0.3, -0.25) is 4.79 Å². The second-order valence-corrected chi connectivity index (χ2v) is 3.09. The number of rotatable bonds is 2. The molecule has 2 atom stereocenters. The first-order valence-corrected chi connectivity index (χ1v) is 3.49. The standard InChI is InChI=1S/C8H12O2/c1-5(2)3-6-4-7(6)8(9)10/h3,6-7H,4H2,1-2H3,(H,9,10)/t6-,7+/m1/s1. The van der Waals surface area contributed by atoms with Crippen molar-refractivity contribution >= 4 is 5.97 Å². The molecule has 0 aliphatic heterocycles. The maximum Gasteiger partial charge on any atom is 0.307 e. The van der Waals surface area contributed by atoms with Crippen molar-refractivity contribution in [2.45, 2.75) is 20.3 Å². The molecular weight excluding hydrogens is 128 g/mol. The summed E-state index contributed by atoms with van der Waals surface area (Å²) in [5.74, 6) is -0.417. The third-order valence-electron chi connectivity index (χ3n) is 1.70. The van der Waals surface area contributed by atoms with E-state index in [2.05, 4.69) is 0 Å². The van der Waals surface area contributed by atoms with Gasteiger partial charge in [0.25, 0.3) is 0 Å². The molecule has 0 heterocycles. The first kappa shape index (κ1) is 7.32. The van der Waals surface area contributed by atoms with E-state index in [1.54, 1.807) is 0 Å². The molecule has 0 aromatic rings. The summed E-state index contributed by atoms with van der Waals surface area (Å²) < 4.78 is 0. The number of carboxylic acids is 1. The normalized spacial score (nSPS) is 29.4. The Bertz CT molecular complexity index is 178. The first-order valence-electron chi connectivity index (χ1n) is 3.49. The topological polar surface area (TPSA) is 37.3 Å². The highest BCUT2D eigenvalue weighted by Crippen LogP contribution is 2.40. The summed E-state index contributed by atoms with van der Waals surface area (Å²) in [6.07, 6.45) is 2.87. The van der Waals surface area contributed by atoms with Crippen LogP contribution >= 0.6 is 0 Å². The van der Waals surface area contributed by atoms with E-state index in [4.69, 9.17) is 5.11 Å². The molecule has 1 aliphatic carbocycles. The maximum absolute atomic E-state index is 10.3.